The third-order valence-electron chi connectivity index (χ3n) is 9.99. The Hall–Kier alpha value is -7.01. The van der Waals surface area contributed by atoms with Gasteiger partial charge in [-0.2, -0.15) is 4.57 Å². The highest BCUT2D eigenvalue weighted by atomic mass is 19.2. The van der Waals surface area contributed by atoms with Gasteiger partial charge in [0, 0.05) is 17.7 Å². The number of carbonyl (C=O) groups is 1. The summed E-state index contributed by atoms with van der Waals surface area (Å²) in [6.07, 6.45) is -5.61. The molecule has 65 heavy (non-hydrogen) atoms. The Labute approximate surface area is 347 Å². The van der Waals surface area contributed by atoms with Gasteiger partial charge in [-0.3, -0.25) is 4.79 Å². The largest absolute Gasteiger partial charge is 0.287 e. The van der Waals surface area contributed by atoms with Gasteiger partial charge in [-0.05, 0) is 6.07 Å². The molecule has 338 valence electrons. The highest BCUT2D eigenvalue weighted by molar-refractivity contribution is 7.20. The molecule has 0 fully saturated rings. The molecular weight excluding hydrogens is 932 g/mol. The summed E-state index contributed by atoms with van der Waals surface area (Å²) >= 11 is 0. The molecule has 0 aliphatic rings. The van der Waals surface area contributed by atoms with E-state index in [9.17, 15) is 61.9 Å². The van der Waals surface area contributed by atoms with Crippen molar-refractivity contribution in [1.82, 2.24) is 0 Å². The summed E-state index contributed by atoms with van der Waals surface area (Å²) in [5.41, 5.74) is -12.9. The van der Waals surface area contributed by atoms with E-state index < -0.39 is 144 Å². The molecule has 1 aromatic heterocycles. The van der Waals surface area contributed by atoms with Crippen LogP contribution in [-0.4, -0.2) is 11.9 Å². The van der Waals surface area contributed by atoms with Gasteiger partial charge in [0.15, 0.2) is 76.0 Å². The first-order chi connectivity index (χ1) is 30.5. The van der Waals surface area contributed by atoms with Gasteiger partial charge in [-0.1, -0.05) is 42.5 Å². The van der Waals surface area contributed by atoms with Gasteiger partial charge in [0.05, 0.1) is 5.39 Å². The van der Waals surface area contributed by atoms with E-state index in [0.29, 0.717) is 10.9 Å². The Morgan fingerprint density at radius 1 is 0.354 bits per heavy atom. The Morgan fingerprint density at radius 2 is 0.631 bits per heavy atom. The molecule has 0 aliphatic carbocycles. The number of aromatic nitrogens is 1. The van der Waals surface area contributed by atoms with Crippen molar-refractivity contribution in [3.8, 4) is 0 Å². The highest BCUT2D eigenvalue weighted by Gasteiger charge is 2.52. The lowest BCUT2D eigenvalue weighted by molar-refractivity contribution is -0.657. The summed E-state index contributed by atoms with van der Waals surface area (Å²) in [6, 6.07) is 17.7. The average Bonchev–Trinajstić information content (AvgIpc) is 3.30. The molecule has 6 aromatic carbocycles. The van der Waals surface area contributed by atoms with E-state index in [1.54, 1.807) is 35.0 Å². The van der Waals surface area contributed by atoms with Crippen molar-refractivity contribution < 1.29 is 102 Å². The van der Waals surface area contributed by atoms with Crippen molar-refractivity contribution >= 4 is 44.7 Å². The van der Waals surface area contributed by atoms with Gasteiger partial charge in [0.25, 0.3) is 0 Å². The van der Waals surface area contributed by atoms with Crippen LogP contribution in [0.4, 0.5) is 92.2 Å². The number of nitrogens with zero attached hydrogens (tertiary/aromatic N) is 1. The fourth-order valence-electron chi connectivity index (χ4n) is 7.13. The molecule has 0 unspecified atom stereocenters. The molecule has 2 nitrogen and oxygen atoms in total. The SMILES string of the molecule is Fc1c(F)c(F)c([B-](c2c(F)c(F)c(F)c(F)c2F)(c2c(F)c(F)c(F)c(F)c2F)c2c(F)c(F)c(F)c(F)c2F)c(F)c1F.O=C(C[n+]1ccc(F)c2ccccc21)c1ccccc1. The van der Waals surface area contributed by atoms with Crippen LogP contribution in [0.5, 0.6) is 0 Å². The van der Waals surface area contributed by atoms with Gasteiger partial charge in [0.2, 0.25) is 17.8 Å². The predicted octanol–water partition coefficient (Wildman–Crippen LogP) is 9.00. The van der Waals surface area contributed by atoms with E-state index in [1.807, 2.05) is 30.3 Å². The fourth-order valence-corrected chi connectivity index (χ4v) is 7.13. The van der Waals surface area contributed by atoms with Crippen LogP contribution in [0.15, 0.2) is 66.9 Å². The second kappa shape index (κ2) is 17.5. The maximum Gasteiger partial charge on any atom is 0.227 e. The van der Waals surface area contributed by atoms with E-state index in [4.69, 9.17) is 0 Å². The standard InChI is InChI=1S/C24BF20.C17H13FNO/c26-5-1(6(27)14(35)21(42)13(5)34)25(2-7(28)15(36)22(43)16(37)8(2)29,3-9(30)17(38)23(44)18(39)10(3)31)4-11(32)19(40)24(45)20(41)12(4)33;18-15-10-11-19(16-9-5-4-8-14(15)16)12-17(20)13-6-2-1-3-7-13/h;1-11H,12H2/q-1;+1. The molecule has 0 radical (unpaired) electrons. The topological polar surface area (TPSA) is 20.9 Å². The molecule has 0 saturated carbocycles. The van der Waals surface area contributed by atoms with E-state index in [-0.39, 0.29) is 18.1 Å². The number of Topliss-reactive ketones (excluding diaryl/α,β-unsaturated/α-hetero) is 1. The van der Waals surface area contributed by atoms with Crippen LogP contribution in [0.1, 0.15) is 10.4 Å². The fraction of sp³-hybridized carbons (Fsp3) is 0.0244. The first-order valence-electron chi connectivity index (χ1n) is 17.3. The van der Waals surface area contributed by atoms with Crippen LogP contribution < -0.4 is 26.4 Å². The minimum atomic E-state index is -7.22. The molecule has 24 heteroatoms. The number of ketones is 1. The van der Waals surface area contributed by atoms with Gasteiger partial charge in [-0.25, -0.2) is 92.2 Å². The number of fused-ring (bicyclic) bond motifs is 1. The summed E-state index contributed by atoms with van der Waals surface area (Å²) in [5.74, 6) is -71.7. The molecule has 0 bridgehead atoms. The van der Waals surface area contributed by atoms with Crippen molar-refractivity contribution in [3.63, 3.8) is 0 Å². The molecule has 1 heterocycles. The summed E-state index contributed by atoms with van der Waals surface area (Å²) in [7, 11) is 0. The number of rotatable bonds is 7. The summed E-state index contributed by atoms with van der Waals surface area (Å²) in [5, 5.41) is 0.524. The van der Waals surface area contributed by atoms with Crippen LogP contribution in [0, 0.1) is 122 Å². The highest BCUT2D eigenvalue weighted by Crippen LogP contribution is 2.31. The van der Waals surface area contributed by atoms with Gasteiger partial charge in [0.1, 0.15) is 58.5 Å². The Bertz CT molecular complexity index is 2730. The number of halogens is 21. The molecule has 0 atom stereocenters. The monoisotopic (exact) mass is 945 g/mol. The van der Waals surface area contributed by atoms with Crippen molar-refractivity contribution in [2.75, 3.05) is 0 Å². The number of para-hydroxylation sites is 1. The normalized spacial score (nSPS) is 11.6. The Kier molecular flexibility index (Phi) is 12.8. The van der Waals surface area contributed by atoms with Crippen LogP contribution in [-0.2, 0) is 6.54 Å². The third-order valence-corrected chi connectivity index (χ3v) is 9.99. The molecule has 7 aromatic rings. The summed E-state index contributed by atoms with van der Waals surface area (Å²) in [4.78, 5) is 12.2. The van der Waals surface area contributed by atoms with Crippen molar-refractivity contribution in [1.29, 1.82) is 0 Å². The Balaban J connectivity index is 0.000000289. The maximum absolute atomic E-state index is 15.4. The van der Waals surface area contributed by atoms with E-state index in [1.165, 1.54) is 6.07 Å². The minimum absolute atomic E-state index is 0.00682. The number of hydrogen-bond donors (Lipinski definition) is 0. The molecule has 0 saturated heterocycles. The van der Waals surface area contributed by atoms with Crippen LogP contribution >= 0.6 is 0 Å². The first kappa shape index (κ1) is 47.5. The quantitative estimate of drug-likeness (QED) is 0.0391. The predicted molar refractivity (Wildman–Crippen MR) is 184 cm³/mol. The van der Waals surface area contributed by atoms with Crippen LogP contribution in [0.25, 0.3) is 10.9 Å². The van der Waals surface area contributed by atoms with Crippen molar-refractivity contribution in [3.05, 3.63) is 195 Å². The zero-order valence-corrected chi connectivity index (χ0v) is 30.9. The van der Waals surface area contributed by atoms with Crippen molar-refractivity contribution in [2.24, 2.45) is 0 Å². The van der Waals surface area contributed by atoms with E-state index in [2.05, 4.69) is 0 Å². The molecular formula is C41H13BF21NO. The van der Waals surface area contributed by atoms with Crippen LogP contribution in [0.2, 0.25) is 0 Å². The third kappa shape index (κ3) is 7.36. The number of carbonyl (C=O) groups excluding carboxylic acids is 1. The second-order valence-corrected chi connectivity index (χ2v) is 13.4. The average molecular weight is 945 g/mol. The zero-order valence-electron chi connectivity index (χ0n) is 30.9. The molecule has 7 rings (SSSR count). The maximum atomic E-state index is 15.4. The lowest BCUT2D eigenvalue weighted by atomic mass is 9.12. The van der Waals surface area contributed by atoms with Crippen molar-refractivity contribution in [2.45, 2.75) is 6.54 Å². The summed E-state index contributed by atoms with van der Waals surface area (Å²) in [6.45, 7) is 0.199. The van der Waals surface area contributed by atoms with Gasteiger partial charge >= 0.3 is 0 Å². The van der Waals surface area contributed by atoms with Crippen LogP contribution in [0.3, 0.4) is 0 Å². The lowest BCUT2D eigenvalue weighted by Crippen LogP contribution is -2.81. The molecule has 0 aliphatic heterocycles. The first-order valence-corrected chi connectivity index (χ1v) is 17.3. The number of benzene rings is 6. The zero-order chi connectivity index (χ0) is 48.3. The second-order valence-electron chi connectivity index (χ2n) is 13.4. The molecule has 0 amide bonds. The van der Waals surface area contributed by atoms with E-state index in [0.717, 1.165) is 5.52 Å². The molecule has 0 N–H and O–H groups in total. The minimum Gasteiger partial charge on any atom is -0.287 e. The van der Waals surface area contributed by atoms with Gasteiger partial charge in [-0.15, -0.1) is 21.9 Å². The van der Waals surface area contributed by atoms with E-state index >= 15 is 35.1 Å². The van der Waals surface area contributed by atoms with Gasteiger partial charge < -0.3 is 0 Å². The smallest absolute Gasteiger partial charge is 0.227 e. The number of hydrogen-bond acceptors (Lipinski definition) is 1. The Morgan fingerprint density at radius 3 is 0.954 bits per heavy atom. The molecule has 0 spiro atoms. The summed E-state index contributed by atoms with van der Waals surface area (Å²) < 4.78 is 309. The number of pyridine rings is 1. The lowest BCUT2D eigenvalue weighted by Gasteiger charge is -2.44.